The summed E-state index contributed by atoms with van der Waals surface area (Å²) in [7, 11) is 0. The molecule has 0 spiro atoms. The fourth-order valence-corrected chi connectivity index (χ4v) is 2.76. The number of benzene rings is 2. The summed E-state index contributed by atoms with van der Waals surface area (Å²) in [6.45, 7) is 2.06. The second kappa shape index (κ2) is 3.72. The van der Waals surface area contributed by atoms with Crippen molar-refractivity contribution < 1.29 is 0 Å². The normalized spacial score (nSPS) is 10.8. The van der Waals surface area contributed by atoms with E-state index in [1.54, 1.807) is 11.3 Å². The van der Waals surface area contributed by atoms with E-state index in [4.69, 9.17) is 0 Å². The number of aryl methyl sites for hydroxylation is 1. The zero-order valence-electron chi connectivity index (χ0n) is 8.97. The van der Waals surface area contributed by atoms with Crippen LogP contribution in [0.2, 0.25) is 0 Å². The van der Waals surface area contributed by atoms with Gasteiger partial charge in [0.05, 0.1) is 15.2 Å². The van der Waals surface area contributed by atoms with Gasteiger partial charge in [0.1, 0.15) is 0 Å². The molecule has 0 saturated heterocycles. The van der Waals surface area contributed by atoms with Crippen LogP contribution < -0.4 is 0 Å². The smallest absolute Gasteiger partial charge is 0.0908 e. The highest BCUT2D eigenvalue weighted by atomic mass is 32.1. The van der Waals surface area contributed by atoms with Crippen LogP contribution in [0.25, 0.3) is 21.3 Å². The molecule has 78 valence electrons. The van der Waals surface area contributed by atoms with Gasteiger partial charge in [-0.2, -0.15) is 0 Å². The average molecular weight is 225 g/mol. The summed E-state index contributed by atoms with van der Waals surface area (Å²) in [6.07, 6.45) is 0. The highest BCUT2D eigenvalue weighted by Crippen LogP contribution is 2.30. The molecule has 1 nitrogen and oxygen atoms in total. The number of nitrogens with zero attached hydrogens (tertiary/aromatic N) is 1. The van der Waals surface area contributed by atoms with Crippen molar-refractivity contribution in [3.63, 3.8) is 0 Å². The summed E-state index contributed by atoms with van der Waals surface area (Å²) in [6, 6.07) is 16.8. The van der Waals surface area contributed by atoms with E-state index in [0.717, 1.165) is 10.5 Å². The van der Waals surface area contributed by atoms with E-state index in [-0.39, 0.29) is 0 Å². The minimum atomic E-state index is 1.12. The van der Waals surface area contributed by atoms with E-state index < -0.39 is 0 Å². The molecule has 1 heterocycles. The zero-order chi connectivity index (χ0) is 11.0. The highest BCUT2D eigenvalue weighted by Gasteiger charge is 2.06. The van der Waals surface area contributed by atoms with Crippen LogP contribution in [0.1, 0.15) is 5.01 Å². The maximum Gasteiger partial charge on any atom is 0.0908 e. The molecule has 0 aliphatic rings. The number of thiazole rings is 1. The van der Waals surface area contributed by atoms with E-state index >= 15 is 0 Å². The Morgan fingerprint density at radius 1 is 0.938 bits per heavy atom. The number of hydrogen-bond acceptors (Lipinski definition) is 2. The minimum Gasteiger partial charge on any atom is -0.241 e. The van der Waals surface area contributed by atoms with E-state index in [9.17, 15) is 0 Å². The fraction of sp³-hybridized carbons (Fsp3) is 0.0714. The standard InChI is InChI=1S/C14H11NS/c1-10-15-14-12(8-5-9-13(14)16-10)11-6-3-2-4-7-11/h2-9H,1H3. The van der Waals surface area contributed by atoms with Gasteiger partial charge in [-0.15, -0.1) is 11.3 Å². The Labute approximate surface area is 98.4 Å². The molecular weight excluding hydrogens is 214 g/mol. The molecule has 0 amide bonds. The van der Waals surface area contributed by atoms with Gasteiger partial charge in [-0.25, -0.2) is 4.98 Å². The molecular formula is C14H11NS. The fourth-order valence-electron chi connectivity index (χ4n) is 1.91. The van der Waals surface area contributed by atoms with Gasteiger partial charge in [-0.05, 0) is 18.6 Å². The topological polar surface area (TPSA) is 12.9 Å². The van der Waals surface area contributed by atoms with Gasteiger partial charge < -0.3 is 0 Å². The first-order valence-corrected chi connectivity index (χ1v) is 6.08. The number of hydrogen-bond donors (Lipinski definition) is 0. The van der Waals surface area contributed by atoms with Crippen molar-refractivity contribution in [2.75, 3.05) is 0 Å². The molecule has 2 heteroatoms. The molecule has 0 radical (unpaired) electrons. The van der Waals surface area contributed by atoms with Crippen LogP contribution in [-0.4, -0.2) is 4.98 Å². The maximum atomic E-state index is 4.61. The molecule has 1 aromatic heterocycles. The molecule has 0 atom stereocenters. The van der Waals surface area contributed by atoms with E-state index in [1.165, 1.54) is 15.8 Å². The Bertz CT molecular complexity index is 626. The molecule has 3 rings (SSSR count). The first-order chi connectivity index (χ1) is 7.84. The molecule has 0 N–H and O–H groups in total. The monoisotopic (exact) mass is 225 g/mol. The van der Waals surface area contributed by atoms with Gasteiger partial charge in [0.25, 0.3) is 0 Å². The summed E-state index contributed by atoms with van der Waals surface area (Å²) in [5.74, 6) is 0. The van der Waals surface area contributed by atoms with Crippen LogP contribution in [0.3, 0.4) is 0 Å². The first kappa shape index (κ1) is 9.55. The molecule has 0 bridgehead atoms. The molecule has 16 heavy (non-hydrogen) atoms. The Morgan fingerprint density at radius 3 is 2.56 bits per heavy atom. The van der Waals surface area contributed by atoms with Crippen LogP contribution in [0.15, 0.2) is 48.5 Å². The third kappa shape index (κ3) is 1.51. The number of aromatic nitrogens is 1. The van der Waals surface area contributed by atoms with Crippen LogP contribution in [0.4, 0.5) is 0 Å². The summed E-state index contributed by atoms with van der Waals surface area (Å²) in [4.78, 5) is 4.61. The molecule has 0 aliphatic heterocycles. The molecule has 0 fully saturated rings. The van der Waals surface area contributed by atoms with Gasteiger partial charge in [0, 0.05) is 5.56 Å². The van der Waals surface area contributed by atoms with Crippen LogP contribution in [-0.2, 0) is 0 Å². The van der Waals surface area contributed by atoms with Crippen molar-refractivity contribution in [1.82, 2.24) is 4.98 Å². The van der Waals surface area contributed by atoms with Crippen molar-refractivity contribution in [1.29, 1.82) is 0 Å². The van der Waals surface area contributed by atoms with E-state index in [1.807, 2.05) is 6.07 Å². The molecule has 0 saturated carbocycles. The van der Waals surface area contributed by atoms with Gasteiger partial charge in [0.2, 0.25) is 0 Å². The molecule has 2 aromatic carbocycles. The SMILES string of the molecule is Cc1nc2c(-c3ccccc3)cccc2s1. The van der Waals surface area contributed by atoms with Crippen molar-refractivity contribution in [3.8, 4) is 11.1 Å². The van der Waals surface area contributed by atoms with Crippen LogP contribution in [0, 0.1) is 6.92 Å². The van der Waals surface area contributed by atoms with E-state index in [2.05, 4.69) is 54.4 Å². The van der Waals surface area contributed by atoms with Crippen molar-refractivity contribution in [3.05, 3.63) is 53.5 Å². The Kier molecular flexibility index (Phi) is 2.22. The second-order valence-electron chi connectivity index (χ2n) is 3.75. The number of fused-ring (bicyclic) bond motifs is 1. The predicted molar refractivity (Wildman–Crippen MR) is 69.8 cm³/mol. The lowest BCUT2D eigenvalue weighted by molar-refractivity contribution is 1.35. The third-order valence-electron chi connectivity index (χ3n) is 2.61. The van der Waals surface area contributed by atoms with Crippen LogP contribution in [0.5, 0.6) is 0 Å². The summed E-state index contributed by atoms with van der Waals surface area (Å²) < 4.78 is 1.26. The lowest BCUT2D eigenvalue weighted by Crippen LogP contribution is -1.79. The number of para-hydroxylation sites is 1. The Balaban J connectivity index is 2.31. The Hall–Kier alpha value is -1.67. The molecule has 0 unspecified atom stereocenters. The molecule has 3 aromatic rings. The van der Waals surface area contributed by atoms with Crippen molar-refractivity contribution >= 4 is 21.6 Å². The largest absolute Gasteiger partial charge is 0.241 e. The lowest BCUT2D eigenvalue weighted by atomic mass is 10.1. The second-order valence-corrected chi connectivity index (χ2v) is 4.99. The maximum absolute atomic E-state index is 4.61. The highest BCUT2D eigenvalue weighted by molar-refractivity contribution is 7.18. The van der Waals surface area contributed by atoms with Crippen molar-refractivity contribution in [2.45, 2.75) is 6.92 Å². The van der Waals surface area contributed by atoms with Gasteiger partial charge in [-0.3, -0.25) is 0 Å². The third-order valence-corrected chi connectivity index (χ3v) is 3.55. The molecule has 0 aliphatic carbocycles. The van der Waals surface area contributed by atoms with Gasteiger partial charge >= 0.3 is 0 Å². The van der Waals surface area contributed by atoms with Gasteiger partial charge in [-0.1, -0.05) is 42.5 Å². The minimum absolute atomic E-state index is 1.12. The number of rotatable bonds is 1. The van der Waals surface area contributed by atoms with E-state index in [0.29, 0.717) is 0 Å². The van der Waals surface area contributed by atoms with Gasteiger partial charge in [0.15, 0.2) is 0 Å². The Morgan fingerprint density at radius 2 is 1.75 bits per heavy atom. The first-order valence-electron chi connectivity index (χ1n) is 5.26. The van der Waals surface area contributed by atoms with Crippen molar-refractivity contribution in [2.24, 2.45) is 0 Å². The summed E-state index contributed by atoms with van der Waals surface area (Å²) in [5, 5.41) is 1.12. The average Bonchev–Trinajstić information content (AvgIpc) is 2.70. The lowest BCUT2D eigenvalue weighted by Gasteiger charge is -2.01. The summed E-state index contributed by atoms with van der Waals surface area (Å²) in [5.41, 5.74) is 3.58. The van der Waals surface area contributed by atoms with Crippen LogP contribution >= 0.6 is 11.3 Å². The zero-order valence-corrected chi connectivity index (χ0v) is 9.79. The summed E-state index contributed by atoms with van der Waals surface area (Å²) >= 11 is 1.75. The predicted octanol–water partition coefficient (Wildman–Crippen LogP) is 4.27. The quantitative estimate of drug-likeness (QED) is 0.602.